The third kappa shape index (κ3) is 6.30. The van der Waals surface area contributed by atoms with E-state index in [1.165, 1.54) is 6.20 Å². The van der Waals surface area contributed by atoms with E-state index in [0.29, 0.717) is 38.1 Å². The number of nitrogens with two attached hydrogens (primary N) is 2. The monoisotopic (exact) mass is 441 g/mol. The van der Waals surface area contributed by atoms with Crippen molar-refractivity contribution in [3.8, 4) is 0 Å². The Morgan fingerprint density at radius 3 is 2.72 bits per heavy atom. The fourth-order valence-corrected chi connectivity index (χ4v) is 3.61. The van der Waals surface area contributed by atoms with Crippen LogP contribution in [0.2, 0.25) is 0 Å². The molecule has 0 saturated carbocycles. The molecule has 0 bridgehead atoms. The molecule has 1 aromatic carbocycles. The summed E-state index contributed by atoms with van der Waals surface area (Å²) in [6.07, 6.45) is 3.96. The van der Waals surface area contributed by atoms with E-state index in [4.69, 9.17) is 16.2 Å². The molecule has 0 radical (unpaired) electrons. The highest BCUT2D eigenvalue weighted by molar-refractivity contribution is 5.97. The number of hydrogen-bond donors (Lipinski definition) is 4. The first-order chi connectivity index (χ1) is 15.5. The summed E-state index contributed by atoms with van der Waals surface area (Å²) in [4.78, 5) is 34.0. The molecule has 1 aromatic heterocycles. The van der Waals surface area contributed by atoms with Crippen LogP contribution in [0.25, 0.3) is 0 Å². The van der Waals surface area contributed by atoms with Crippen molar-refractivity contribution in [2.45, 2.75) is 26.2 Å². The fraction of sp³-hybridized carbons (Fsp3) is 0.455. The minimum Gasteiger partial charge on any atom is -0.382 e. The highest BCUT2D eigenvalue weighted by Gasteiger charge is 2.24. The number of carbonyl (C=O) groups is 2. The largest absolute Gasteiger partial charge is 0.382 e. The van der Waals surface area contributed by atoms with Gasteiger partial charge in [0.1, 0.15) is 5.82 Å². The Hall–Kier alpha value is -3.40. The highest BCUT2D eigenvalue weighted by Crippen LogP contribution is 2.25. The van der Waals surface area contributed by atoms with Crippen LogP contribution < -0.4 is 27.0 Å². The van der Waals surface area contributed by atoms with Gasteiger partial charge in [-0.15, -0.1) is 0 Å². The molecule has 10 nitrogen and oxygen atoms in total. The molecule has 1 aliphatic heterocycles. The van der Waals surface area contributed by atoms with Crippen molar-refractivity contribution < 1.29 is 14.3 Å². The van der Waals surface area contributed by atoms with Gasteiger partial charge < -0.3 is 31.7 Å². The Morgan fingerprint density at radius 2 is 2.03 bits per heavy atom. The van der Waals surface area contributed by atoms with Crippen molar-refractivity contribution >= 4 is 35.0 Å². The molecular weight excluding hydrogens is 410 g/mol. The first kappa shape index (κ1) is 23.3. The summed E-state index contributed by atoms with van der Waals surface area (Å²) in [6.45, 7) is 5.35. The zero-order valence-corrected chi connectivity index (χ0v) is 18.3. The number of nitrogens with one attached hydrogen (secondary N) is 2. The van der Waals surface area contributed by atoms with E-state index < -0.39 is 5.91 Å². The van der Waals surface area contributed by atoms with Gasteiger partial charge in [0, 0.05) is 50.4 Å². The standard InChI is InChI=1S/C22H31N7O3/c1-2-32-12-4-10-25-21-18(20(24)31)13-26-22(28-21)27-16-6-8-17(9-7-16)29-11-3-5-15(14-29)19(23)30/h6-9,13,15H,2-5,10-12,14H2,1H3,(H2,23,30)(H2,24,31)(H2,25,26,27,28)/t15-/m0/s1. The number of hydrogen-bond acceptors (Lipinski definition) is 8. The number of rotatable bonds is 11. The molecule has 2 amide bonds. The van der Waals surface area contributed by atoms with Crippen molar-refractivity contribution in [1.82, 2.24) is 9.97 Å². The predicted octanol–water partition coefficient (Wildman–Crippen LogP) is 1.86. The van der Waals surface area contributed by atoms with E-state index in [1.54, 1.807) is 0 Å². The minimum atomic E-state index is -0.594. The number of amides is 2. The highest BCUT2D eigenvalue weighted by atomic mass is 16.5. The molecule has 1 atom stereocenters. The van der Waals surface area contributed by atoms with Crippen LogP contribution in [0.1, 0.15) is 36.5 Å². The number of nitrogens with zero attached hydrogens (tertiary/aromatic N) is 3. The van der Waals surface area contributed by atoms with Gasteiger partial charge in [-0.25, -0.2) is 4.98 Å². The molecule has 172 valence electrons. The third-order valence-electron chi connectivity index (χ3n) is 5.33. The summed E-state index contributed by atoms with van der Waals surface area (Å²) in [5, 5.41) is 6.28. The molecule has 0 aliphatic carbocycles. The van der Waals surface area contributed by atoms with E-state index in [-0.39, 0.29) is 17.4 Å². The van der Waals surface area contributed by atoms with E-state index in [9.17, 15) is 9.59 Å². The fourth-order valence-electron chi connectivity index (χ4n) is 3.61. The zero-order chi connectivity index (χ0) is 22.9. The maximum absolute atomic E-state index is 11.7. The van der Waals surface area contributed by atoms with Crippen LogP contribution in [-0.4, -0.2) is 54.6 Å². The van der Waals surface area contributed by atoms with Crippen molar-refractivity contribution in [1.29, 1.82) is 0 Å². The number of benzene rings is 1. The Kier molecular flexibility index (Phi) is 8.20. The van der Waals surface area contributed by atoms with Crippen LogP contribution in [0.3, 0.4) is 0 Å². The second kappa shape index (κ2) is 11.3. The summed E-state index contributed by atoms with van der Waals surface area (Å²) in [7, 11) is 0. The summed E-state index contributed by atoms with van der Waals surface area (Å²) in [5.41, 5.74) is 13.0. The molecule has 2 aromatic rings. The minimum absolute atomic E-state index is 0.113. The lowest BCUT2D eigenvalue weighted by Gasteiger charge is -2.33. The quantitative estimate of drug-likeness (QED) is 0.386. The molecule has 0 spiro atoms. The zero-order valence-electron chi connectivity index (χ0n) is 18.3. The van der Waals surface area contributed by atoms with Gasteiger partial charge in [0.2, 0.25) is 11.9 Å². The average molecular weight is 442 g/mol. The van der Waals surface area contributed by atoms with Crippen molar-refractivity contribution in [2.24, 2.45) is 17.4 Å². The van der Waals surface area contributed by atoms with Gasteiger partial charge in [0.05, 0.1) is 11.5 Å². The Bertz CT molecular complexity index is 920. The number of piperidine rings is 1. The number of carbonyl (C=O) groups excluding carboxylic acids is 2. The Balaban J connectivity index is 1.65. The molecular formula is C22H31N7O3. The van der Waals surface area contributed by atoms with Gasteiger partial charge in [-0.3, -0.25) is 9.59 Å². The van der Waals surface area contributed by atoms with Crippen LogP contribution in [0.5, 0.6) is 0 Å². The van der Waals surface area contributed by atoms with Gasteiger partial charge in [-0.05, 0) is 50.5 Å². The summed E-state index contributed by atoms with van der Waals surface area (Å²) in [6, 6.07) is 7.81. The maximum atomic E-state index is 11.7. The van der Waals surface area contributed by atoms with Gasteiger partial charge in [0.15, 0.2) is 0 Å². The number of ether oxygens (including phenoxy) is 1. The van der Waals surface area contributed by atoms with E-state index in [0.717, 1.165) is 37.2 Å². The molecule has 6 N–H and O–H groups in total. The lowest BCUT2D eigenvalue weighted by atomic mass is 9.97. The summed E-state index contributed by atoms with van der Waals surface area (Å²) >= 11 is 0. The van der Waals surface area contributed by atoms with Crippen molar-refractivity contribution in [3.63, 3.8) is 0 Å². The van der Waals surface area contributed by atoms with Crippen LogP contribution in [-0.2, 0) is 9.53 Å². The molecule has 10 heteroatoms. The molecule has 1 aliphatic rings. The second-order valence-electron chi connectivity index (χ2n) is 7.66. The SMILES string of the molecule is CCOCCCNc1nc(Nc2ccc(N3CCC[C@H](C(N)=O)C3)cc2)ncc1C(N)=O. The smallest absolute Gasteiger partial charge is 0.254 e. The average Bonchev–Trinajstić information content (AvgIpc) is 2.79. The number of primary amides is 2. The topological polar surface area (TPSA) is 148 Å². The molecule has 1 fully saturated rings. The Morgan fingerprint density at radius 1 is 1.25 bits per heavy atom. The van der Waals surface area contributed by atoms with E-state index >= 15 is 0 Å². The first-order valence-corrected chi connectivity index (χ1v) is 10.9. The summed E-state index contributed by atoms with van der Waals surface area (Å²) < 4.78 is 5.32. The molecule has 2 heterocycles. The molecule has 3 rings (SSSR count). The molecule has 1 saturated heterocycles. The van der Waals surface area contributed by atoms with Gasteiger partial charge >= 0.3 is 0 Å². The second-order valence-corrected chi connectivity index (χ2v) is 7.66. The summed E-state index contributed by atoms with van der Waals surface area (Å²) in [5.74, 6) is -0.218. The van der Waals surface area contributed by atoms with E-state index in [1.807, 2.05) is 31.2 Å². The van der Waals surface area contributed by atoms with Crippen LogP contribution in [0.15, 0.2) is 30.5 Å². The Labute approximate surface area is 187 Å². The van der Waals surface area contributed by atoms with Crippen molar-refractivity contribution in [3.05, 3.63) is 36.0 Å². The lowest BCUT2D eigenvalue weighted by Crippen LogP contribution is -2.41. The first-order valence-electron chi connectivity index (χ1n) is 10.9. The van der Waals surface area contributed by atoms with Gasteiger partial charge in [-0.1, -0.05) is 0 Å². The van der Waals surface area contributed by atoms with Crippen molar-refractivity contribution in [2.75, 3.05) is 48.4 Å². The third-order valence-corrected chi connectivity index (χ3v) is 5.33. The number of anilines is 4. The molecule has 0 unspecified atom stereocenters. The normalized spacial score (nSPS) is 15.9. The van der Waals surface area contributed by atoms with Crippen LogP contribution in [0.4, 0.5) is 23.1 Å². The molecule has 32 heavy (non-hydrogen) atoms. The van der Waals surface area contributed by atoms with E-state index in [2.05, 4.69) is 25.5 Å². The van der Waals surface area contributed by atoms with Crippen LogP contribution >= 0.6 is 0 Å². The lowest BCUT2D eigenvalue weighted by molar-refractivity contribution is -0.122. The van der Waals surface area contributed by atoms with Gasteiger partial charge in [0.25, 0.3) is 5.91 Å². The van der Waals surface area contributed by atoms with Crippen LogP contribution in [0, 0.1) is 5.92 Å². The maximum Gasteiger partial charge on any atom is 0.254 e. The number of aromatic nitrogens is 2. The predicted molar refractivity (Wildman–Crippen MR) is 124 cm³/mol. The van der Waals surface area contributed by atoms with Gasteiger partial charge in [-0.2, -0.15) is 4.98 Å².